The molecular formula is C13H9FN4O. The highest BCUT2D eigenvalue weighted by molar-refractivity contribution is 5.78. The van der Waals surface area contributed by atoms with Crippen molar-refractivity contribution in [2.75, 3.05) is 0 Å². The van der Waals surface area contributed by atoms with Crippen LogP contribution < -0.4 is 5.69 Å². The second-order valence-electron chi connectivity index (χ2n) is 3.93. The molecular weight excluding hydrogens is 247 g/mol. The molecule has 2 aromatic heterocycles. The largest absolute Gasteiger partial charge is 0.345 e. The van der Waals surface area contributed by atoms with Gasteiger partial charge < -0.3 is 4.98 Å². The molecule has 94 valence electrons. The molecule has 1 aromatic carbocycles. The first-order valence-corrected chi connectivity index (χ1v) is 5.60. The number of rotatable bonds is 2. The van der Waals surface area contributed by atoms with Crippen molar-refractivity contribution in [1.29, 1.82) is 0 Å². The topological polar surface area (TPSA) is 74.4 Å². The van der Waals surface area contributed by atoms with Crippen molar-refractivity contribution < 1.29 is 4.39 Å². The van der Waals surface area contributed by atoms with Gasteiger partial charge in [-0.25, -0.2) is 9.18 Å². The lowest BCUT2D eigenvalue weighted by Crippen LogP contribution is -2.09. The summed E-state index contributed by atoms with van der Waals surface area (Å²) >= 11 is 0. The molecule has 19 heavy (non-hydrogen) atoms. The van der Waals surface area contributed by atoms with E-state index in [1.165, 1.54) is 18.3 Å². The second kappa shape index (κ2) is 4.49. The molecule has 0 saturated carbocycles. The van der Waals surface area contributed by atoms with Crippen LogP contribution in [0.5, 0.6) is 0 Å². The summed E-state index contributed by atoms with van der Waals surface area (Å²) in [6, 6.07) is 7.65. The summed E-state index contributed by atoms with van der Waals surface area (Å²) in [5.41, 5.74) is 2.15. The van der Waals surface area contributed by atoms with Gasteiger partial charge in [0.25, 0.3) is 0 Å². The van der Waals surface area contributed by atoms with E-state index < -0.39 is 5.69 Å². The number of nitrogens with one attached hydrogen (secondary N) is 2. The summed E-state index contributed by atoms with van der Waals surface area (Å²) in [5, 5.41) is 6.86. The number of nitrogens with zero attached hydrogens (tertiary/aromatic N) is 2. The number of benzene rings is 1. The van der Waals surface area contributed by atoms with Crippen LogP contribution in [-0.2, 0) is 0 Å². The number of aromatic nitrogens is 4. The Morgan fingerprint density at radius 2 is 1.89 bits per heavy atom. The van der Waals surface area contributed by atoms with Crippen LogP contribution in [-0.4, -0.2) is 20.2 Å². The molecule has 6 heteroatoms. The number of hydrogen-bond acceptors (Lipinski definition) is 3. The summed E-state index contributed by atoms with van der Waals surface area (Å²) < 4.78 is 12.9. The zero-order valence-corrected chi connectivity index (χ0v) is 9.72. The molecule has 0 bridgehead atoms. The molecule has 0 amide bonds. The smallest absolute Gasteiger partial charge is 0.313 e. The molecule has 2 N–H and O–H groups in total. The van der Waals surface area contributed by atoms with Crippen molar-refractivity contribution >= 4 is 0 Å². The van der Waals surface area contributed by atoms with E-state index in [0.29, 0.717) is 17.0 Å². The predicted molar refractivity (Wildman–Crippen MR) is 67.8 cm³/mol. The first kappa shape index (κ1) is 11.3. The lowest BCUT2D eigenvalue weighted by Gasteiger charge is -2.01. The fraction of sp³-hybridized carbons (Fsp3) is 0. The van der Waals surface area contributed by atoms with Gasteiger partial charge in [0.1, 0.15) is 11.5 Å². The molecule has 0 saturated heterocycles. The van der Waals surface area contributed by atoms with Gasteiger partial charge in [0.05, 0.1) is 5.69 Å². The standard InChI is InChI=1S/C13H9FN4O/c14-9-3-1-8(2-4-9)12-10(7-16-18-12)11-5-6-15-13(19)17-11/h1-7H,(H,16,18)(H,15,17,19). The Morgan fingerprint density at radius 3 is 2.63 bits per heavy atom. The highest BCUT2D eigenvalue weighted by Gasteiger charge is 2.11. The molecule has 3 aromatic rings. The fourth-order valence-corrected chi connectivity index (χ4v) is 1.83. The van der Waals surface area contributed by atoms with Gasteiger partial charge in [-0.2, -0.15) is 10.1 Å². The van der Waals surface area contributed by atoms with Crippen molar-refractivity contribution in [2.45, 2.75) is 0 Å². The maximum absolute atomic E-state index is 12.9. The third kappa shape index (κ3) is 2.15. The predicted octanol–water partition coefficient (Wildman–Crippen LogP) is 1.97. The Bertz CT molecular complexity index is 761. The van der Waals surface area contributed by atoms with Crippen molar-refractivity contribution in [1.82, 2.24) is 20.2 Å². The van der Waals surface area contributed by atoms with Crippen molar-refractivity contribution in [3.8, 4) is 22.5 Å². The highest BCUT2D eigenvalue weighted by atomic mass is 19.1. The van der Waals surface area contributed by atoms with E-state index in [4.69, 9.17) is 0 Å². The number of hydrogen-bond donors (Lipinski definition) is 2. The third-order valence-electron chi connectivity index (χ3n) is 2.70. The van der Waals surface area contributed by atoms with Crippen molar-refractivity contribution in [2.24, 2.45) is 0 Å². The van der Waals surface area contributed by atoms with E-state index in [-0.39, 0.29) is 5.82 Å². The second-order valence-corrected chi connectivity index (χ2v) is 3.93. The van der Waals surface area contributed by atoms with Crippen LogP contribution in [0.15, 0.2) is 47.5 Å². The van der Waals surface area contributed by atoms with Gasteiger partial charge in [-0.3, -0.25) is 5.10 Å². The summed E-state index contributed by atoms with van der Waals surface area (Å²) in [7, 11) is 0. The Kier molecular flexibility index (Phi) is 2.68. The van der Waals surface area contributed by atoms with Crippen molar-refractivity contribution in [3.63, 3.8) is 0 Å². The average molecular weight is 256 g/mol. The third-order valence-corrected chi connectivity index (χ3v) is 2.70. The molecule has 0 unspecified atom stereocenters. The Hall–Kier alpha value is -2.76. The molecule has 3 rings (SSSR count). The monoisotopic (exact) mass is 256 g/mol. The summed E-state index contributed by atoms with van der Waals surface area (Å²) in [5.74, 6) is -0.310. The molecule has 0 aliphatic rings. The van der Waals surface area contributed by atoms with Crippen LogP contribution in [0, 0.1) is 5.82 Å². The molecule has 2 heterocycles. The van der Waals surface area contributed by atoms with Gasteiger partial charge in [-0.1, -0.05) is 0 Å². The Labute approximate surface area is 107 Å². The Morgan fingerprint density at radius 1 is 1.11 bits per heavy atom. The quantitative estimate of drug-likeness (QED) is 0.736. The minimum Gasteiger partial charge on any atom is -0.313 e. The minimum absolute atomic E-state index is 0.310. The minimum atomic E-state index is -0.427. The van der Waals surface area contributed by atoms with Crippen LogP contribution in [0.25, 0.3) is 22.5 Å². The average Bonchev–Trinajstić information content (AvgIpc) is 2.89. The number of H-pyrrole nitrogens is 2. The van der Waals surface area contributed by atoms with Crippen LogP contribution in [0.4, 0.5) is 4.39 Å². The summed E-state index contributed by atoms with van der Waals surface area (Å²) in [4.78, 5) is 17.6. The van der Waals surface area contributed by atoms with E-state index in [1.54, 1.807) is 24.4 Å². The van der Waals surface area contributed by atoms with Gasteiger partial charge in [0, 0.05) is 23.5 Å². The first-order chi connectivity index (χ1) is 9.24. The molecule has 0 radical (unpaired) electrons. The maximum Gasteiger partial charge on any atom is 0.345 e. The van der Waals surface area contributed by atoms with Gasteiger partial charge in [0.15, 0.2) is 0 Å². The van der Waals surface area contributed by atoms with Crippen LogP contribution >= 0.6 is 0 Å². The van der Waals surface area contributed by atoms with E-state index in [2.05, 4.69) is 20.2 Å². The maximum atomic E-state index is 12.9. The van der Waals surface area contributed by atoms with Gasteiger partial charge in [0.2, 0.25) is 0 Å². The number of halogens is 1. The Balaban J connectivity index is 2.13. The van der Waals surface area contributed by atoms with E-state index in [1.807, 2.05) is 0 Å². The highest BCUT2D eigenvalue weighted by Crippen LogP contribution is 2.28. The van der Waals surface area contributed by atoms with Gasteiger partial charge in [-0.15, -0.1) is 0 Å². The first-order valence-electron chi connectivity index (χ1n) is 5.60. The van der Waals surface area contributed by atoms with Gasteiger partial charge in [-0.05, 0) is 30.3 Å². The van der Waals surface area contributed by atoms with Crippen molar-refractivity contribution in [3.05, 3.63) is 59.0 Å². The molecule has 0 spiro atoms. The lowest BCUT2D eigenvalue weighted by molar-refractivity contribution is 0.628. The molecule has 5 nitrogen and oxygen atoms in total. The number of aromatic amines is 2. The molecule has 0 aliphatic heterocycles. The summed E-state index contributed by atoms with van der Waals surface area (Å²) in [6.45, 7) is 0. The van der Waals surface area contributed by atoms with E-state index in [0.717, 1.165) is 5.56 Å². The SMILES string of the molecule is O=c1nc(-c2c[nH]nc2-c2ccc(F)cc2)cc[nH]1. The van der Waals surface area contributed by atoms with Gasteiger partial charge >= 0.3 is 5.69 Å². The normalized spacial score (nSPS) is 10.6. The molecule has 0 fully saturated rings. The van der Waals surface area contributed by atoms with Crippen LogP contribution in [0.2, 0.25) is 0 Å². The van der Waals surface area contributed by atoms with Crippen LogP contribution in [0.3, 0.4) is 0 Å². The fourth-order valence-electron chi connectivity index (χ4n) is 1.83. The lowest BCUT2D eigenvalue weighted by atomic mass is 10.1. The zero-order chi connectivity index (χ0) is 13.2. The summed E-state index contributed by atoms with van der Waals surface area (Å²) in [6.07, 6.45) is 3.17. The molecule has 0 atom stereocenters. The van der Waals surface area contributed by atoms with E-state index in [9.17, 15) is 9.18 Å². The van der Waals surface area contributed by atoms with E-state index >= 15 is 0 Å². The van der Waals surface area contributed by atoms with Crippen LogP contribution in [0.1, 0.15) is 0 Å². The molecule has 0 aliphatic carbocycles. The zero-order valence-electron chi connectivity index (χ0n) is 9.72.